The monoisotopic (exact) mass is 678 g/mol. The molecular formula is C37H38N6O5S. The van der Waals surface area contributed by atoms with Crippen LogP contribution in [0.1, 0.15) is 15.9 Å². The maximum Gasteiger partial charge on any atom is 0.253 e. The van der Waals surface area contributed by atoms with Gasteiger partial charge in [-0.3, -0.25) is 4.79 Å². The van der Waals surface area contributed by atoms with Gasteiger partial charge in [0.15, 0.2) is 10.7 Å². The van der Waals surface area contributed by atoms with Crippen molar-refractivity contribution in [2.75, 3.05) is 71.5 Å². The Morgan fingerprint density at radius 1 is 0.939 bits per heavy atom. The quantitative estimate of drug-likeness (QED) is 0.262. The molecule has 49 heavy (non-hydrogen) atoms. The second-order valence-electron chi connectivity index (χ2n) is 13.5. The molecule has 0 aliphatic carbocycles. The number of carbonyl (C=O) groups is 1. The molecule has 3 aliphatic rings. The summed E-state index contributed by atoms with van der Waals surface area (Å²) in [4.78, 5) is 31.9. The minimum Gasteiger partial charge on any atom is -0.495 e. The average molecular weight is 679 g/mol. The second kappa shape index (κ2) is 12.0. The molecule has 0 radical (unpaired) electrons. The summed E-state index contributed by atoms with van der Waals surface area (Å²) < 4.78 is 39.9. The topological polar surface area (TPSA) is 121 Å². The third-order valence-electron chi connectivity index (χ3n) is 9.99. The van der Waals surface area contributed by atoms with Crippen molar-refractivity contribution in [3.63, 3.8) is 0 Å². The number of ether oxygens (including phenoxy) is 2. The van der Waals surface area contributed by atoms with E-state index in [9.17, 15) is 13.2 Å². The number of likely N-dealkylation sites (N-methyl/N-ethyl adjacent to an activating group) is 1. The molecule has 0 unspecified atom stereocenters. The van der Waals surface area contributed by atoms with Gasteiger partial charge in [0.25, 0.3) is 5.91 Å². The third-order valence-corrected chi connectivity index (χ3v) is 11.7. The predicted molar refractivity (Wildman–Crippen MR) is 187 cm³/mol. The Morgan fingerprint density at radius 2 is 1.67 bits per heavy atom. The molecule has 3 saturated heterocycles. The Balaban J connectivity index is 1.10. The van der Waals surface area contributed by atoms with E-state index in [1.807, 2.05) is 54.3 Å². The number of aromatic nitrogens is 3. The molecule has 0 atom stereocenters. The molecule has 5 aromatic rings. The van der Waals surface area contributed by atoms with Crippen LogP contribution in [0.15, 0.2) is 83.0 Å². The van der Waals surface area contributed by atoms with Crippen molar-refractivity contribution in [2.24, 2.45) is 5.41 Å². The lowest BCUT2D eigenvalue weighted by Gasteiger charge is -2.54. The molecule has 3 aliphatic heterocycles. The molecule has 2 aromatic heterocycles. The van der Waals surface area contributed by atoms with Gasteiger partial charge in [0.1, 0.15) is 11.3 Å². The van der Waals surface area contributed by atoms with Crippen LogP contribution < -0.4 is 9.64 Å². The van der Waals surface area contributed by atoms with Crippen molar-refractivity contribution >= 4 is 32.6 Å². The van der Waals surface area contributed by atoms with Gasteiger partial charge in [-0.05, 0) is 61.0 Å². The van der Waals surface area contributed by atoms with Gasteiger partial charge in [0.05, 0.1) is 42.5 Å². The van der Waals surface area contributed by atoms with Crippen molar-refractivity contribution < 1.29 is 22.7 Å². The summed E-state index contributed by atoms with van der Waals surface area (Å²) in [7, 11) is -0.342. The van der Waals surface area contributed by atoms with Crippen LogP contribution in [0.2, 0.25) is 0 Å². The van der Waals surface area contributed by atoms with E-state index in [-0.39, 0.29) is 21.2 Å². The van der Waals surface area contributed by atoms with E-state index in [0.717, 1.165) is 74.9 Å². The van der Waals surface area contributed by atoms with Crippen LogP contribution in [-0.4, -0.2) is 106 Å². The number of methoxy groups -OCH3 is 1. The molecule has 3 fully saturated rings. The fourth-order valence-corrected chi connectivity index (χ4v) is 8.48. The number of amides is 1. The zero-order valence-corrected chi connectivity index (χ0v) is 28.6. The zero-order chi connectivity index (χ0) is 33.9. The largest absolute Gasteiger partial charge is 0.495 e. The number of hydrogen-bond acceptors (Lipinski definition) is 9. The molecule has 12 heteroatoms. The van der Waals surface area contributed by atoms with Crippen molar-refractivity contribution in [2.45, 2.75) is 16.8 Å². The Bertz CT molecular complexity index is 2180. The smallest absolute Gasteiger partial charge is 0.253 e. The van der Waals surface area contributed by atoms with Crippen LogP contribution in [0, 0.1) is 12.3 Å². The molecule has 1 spiro atoms. The number of aromatic amines is 1. The van der Waals surface area contributed by atoms with Crippen LogP contribution in [0.5, 0.6) is 5.75 Å². The zero-order valence-electron chi connectivity index (χ0n) is 27.8. The number of anilines is 1. The summed E-state index contributed by atoms with van der Waals surface area (Å²) in [6.45, 7) is 8.45. The highest BCUT2D eigenvalue weighted by molar-refractivity contribution is 7.91. The SMILES string of the molecule is COc1cc(-c2ccc(C)cc2S(=O)(=O)c2cnc3[nH]cc(-c4ccc(C(=O)N5CC6(COC6)C5)cc4)c3n2)ccc1N1CCN(C)CC1. The number of hydrogen-bond donors (Lipinski definition) is 1. The molecule has 5 heterocycles. The first-order chi connectivity index (χ1) is 23.6. The van der Waals surface area contributed by atoms with Gasteiger partial charge in [0, 0.05) is 62.2 Å². The number of sulfone groups is 1. The standard InChI is InChI=1S/C37H38N6O5S/c1-24-4-10-28(27-9-11-30(31(17-27)47-3)42-14-12-41(2)13-15-42)32(16-24)49(45,46)33-19-39-35-34(40-33)29(18-38-35)25-5-7-26(8-6-25)36(44)43-20-37(21-43)22-48-23-37/h4-11,16-19H,12-15,20-23H2,1-3H3,(H,38,39). The number of likely N-dealkylation sites (tertiary alicyclic amines) is 1. The fraction of sp³-hybridized carbons (Fsp3) is 0.324. The second-order valence-corrected chi connectivity index (χ2v) is 15.4. The lowest BCUT2D eigenvalue weighted by Crippen LogP contribution is -2.67. The third kappa shape index (κ3) is 5.53. The van der Waals surface area contributed by atoms with E-state index < -0.39 is 9.84 Å². The maximum atomic E-state index is 14.4. The number of carbonyl (C=O) groups excluding carboxylic acids is 1. The summed E-state index contributed by atoms with van der Waals surface area (Å²) in [6, 6.07) is 18.6. The van der Waals surface area contributed by atoms with Crippen LogP contribution >= 0.6 is 0 Å². The van der Waals surface area contributed by atoms with E-state index in [1.165, 1.54) is 6.20 Å². The molecule has 1 amide bonds. The first-order valence-corrected chi connectivity index (χ1v) is 17.9. The van der Waals surface area contributed by atoms with Crippen molar-refractivity contribution in [3.05, 3.63) is 84.2 Å². The van der Waals surface area contributed by atoms with Crippen molar-refractivity contribution in [3.8, 4) is 28.0 Å². The average Bonchev–Trinajstić information content (AvgIpc) is 3.51. The first-order valence-electron chi connectivity index (χ1n) is 16.4. The molecular weight excluding hydrogens is 641 g/mol. The minimum absolute atomic E-state index is 0.00304. The van der Waals surface area contributed by atoms with Gasteiger partial charge in [0.2, 0.25) is 9.84 Å². The van der Waals surface area contributed by atoms with Gasteiger partial charge < -0.3 is 29.2 Å². The number of nitrogens with one attached hydrogen (secondary N) is 1. The molecule has 1 N–H and O–H groups in total. The highest BCUT2D eigenvalue weighted by Crippen LogP contribution is 2.40. The minimum atomic E-state index is -4.10. The normalized spacial score (nSPS) is 17.6. The lowest BCUT2D eigenvalue weighted by atomic mass is 9.78. The van der Waals surface area contributed by atoms with Gasteiger partial charge in [-0.15, -0.1) is 0 Å². The number of fused-ring (bicyclic) bond motifs is 1. The van der Waals surface area contributed by atoms with Gasteiger partial charge in [-0.25, -0.2) is 18.4 Å². The molecule has 8 rings (SSSR count). The molecule has 0 bridgehead atoms. The van der Waals surface area contributed by atoms with Crippen LogP contribution in [0.3, 0.4) is 0 Å². The first kappa shape index (κ1) is 31.5. The van der Waals surface area contributed by atoms with E-state index in [0.29, 0.717) is 33.6 Å². The van der Waals surface area contributed by atoms with E-state index in [2.05, 4.69) is 31.8 Å². The summed E-state index contributed by atoms with van der Waals surface area (Å²) in [5.41, 5.74) is 6.23. The molecule has 3 aromatic carbocycles. The Labute approximate surface area is 285 Å². The number of benzene rings is 3. The van der Waals surface area contributed by atoms with Crippen LogP contribution in [-0.2, 0) is 14.6 Å². The predicted octanol–water partition coefficient (Wildman–Crippen LogP) is 4.67. The summed E-state index contributed by atoms with van der Waals surface area (Å²) in [6.07, 6.45) is 3.07. The summed E-state index contributed by atoms with van der Waals surface area (Å²) >= 11 is 0. The Morgan fingerprint density at radius 3 is 2.37 bits per heavy atom. The van der Waals surface area contributed by atoms with Crippen LogP contribution in [0.25, 0.3) is 33.4 Å². The van der Waals surface area contributed by atoms with Crippen LogP contribution in [0.4, 0.5) is 5.69 Å². The summed E-state index contributed by atoms with van der Waals surface area (Å²) in [5, 5.41) is -0.146. The Kier molecular flexibility index (Phi) is 7.69. The number of H-pyrrole nitrogens is 1. The number of piperazine rings is 1. The van der Waals surface area contributed by atoms with Gasteiger partial charge in [-0.1, -0.05) is 30.3 Å². The number of nitrogens with zero attached hydrogens (tertiary/aromatic N) is 5. The Hall–Kier alpha value is -4.78. The molecule has 252 valence electrons. The number of rotatable bonds is 7. The van der Waals surface area contributed by atoms with E-state index >= 15 is 0 Å². The van der Waals surface area contributed by atoms with Crippen molar-refractivity contribution in [1.82, 2.24) is 24.8 Å². The highest BCUT2D eigenvalue weighted by Gasteiger charge is 2.50. The lowest BCUT2D eigenvalue weighted by molar-refractivity contribution is -0.176. The van der Waals surface area contributed by atoms with E-state index in [1.54, 1.807) is 31.5 Å². The molecule has 11 nitrogen and oxygen atoms in total. The summed E-state index contributed by atoms with van der Waals surface area (Å²) in [5.74, 6) is 0.690. The molecule has 0 saturated carbocycles. The van der Waals surface area contributed by atoms with E-state index in [4.69, 9.17) is 9.47 Å². The van der Waals surface area contributed by atoms with Gasteiger partial charge >= 0.3 is 0 Å². The van der Waals surface area contributed by atoms with Crippen molar-refractivity contribution in [1.29, 1.82) is 0 Å². The van der Waals surface area contributed by atoms with Gasteiger partial charge in [-0.2, -0.15) is 0 Å². The number of aryl methyl sites for hydroxylation is 1. The maximum absolute atomic E-state index is 14.4. The fourth-order valence-electron chi connectivity index (χ4n) is 7.04. The highest BCUT2D eigenvalue weighted by atomic mass is 32.2.